The lowest BCUT2D eigenvalue weighted by Crippen LogP contribution is -1.99. The zero-order chi connectivity index (χ0) is 15.0. The smallest absolute Gasteiger partial charge is 0.142 e. The normalized spacial score (nSPS) is 10.8. The monoisotopic (exact) mass is 299 g/mol. The Bertz CT molecular complexity index is 811. The minimum absolute atomic E-state index is 0.703. The van der Waals surface area contributed by atoms with Gasteiger partial charge in [0.25, 0.3) is 0 Å². The lowest BCUT2D eigenvalue weighted by molar-refractivity contribution is 0.416. The van der Waals surface area contributed by atoms with Crippen molar-refractivity contribution in [2.24, 2.45) is 0 Å². The summed E-state index contributed by atoms with van der Waals surface area (Å²) in [7, 11) is 1.66. The topological polar surface area (TPSA) is 60.2 Å². The van der Waals surface area contributed by atoms with Crippen LogP contribution in [0.5, 0.6) is 5.75 Å². The van der Waals surface area contributed by atoms with Crippen LogP contribution in [0.15, 0.2) is 30.3 Å². The third-order valence-electron chi connectivity index (χ3n) is 3.29. The molecule has 0 radical (unpaired) electrons. The zero-order valence-electron chi connectivity index (χ0n) is 12.2. The molecule has 0 bridgehead atoms. The average molecular weight is 299 g/mol. The van der Waals surface area contributed by atoms with Crippen LogP contribution in [0.4, 0.5) is 17.1 Å². The van der Waals surface area contributed by atoms with Crippen molar-refractivity contribution in [3.8, 4) is 5.75 Å². The Kier molecular flexibility index (Phi) is 3.43. The van der Waals surface area contributed by atoms with Crippen LogP contribution in [0.25, 0.3) is 10.2 Å². The van der Waals surface area contributed by atoms with Crippen LogP contribution in [0.2, 0.25) is 0 Å². The van der Waals surface area contributed by atoms with E-state index in [4.69, 9.17) is 10.5 Å². The number of nitrogens with one attached hydrogen (secondary N) is 1. The molecule has 3 aromatic rings. The fraction of sp³-hybridized carbons (Fsp3) is 0.188. The summed E-state index contributed by atoms with van der Waals surface area (Å²) >= 11 is 1.65. The summed E-state index contributed by atoms with van der Waals surface area (Å²) in [6.45, 7) is 4.04. The predicted molar refractivity (Wildman–Crippen MR) is 89.8 cm³/mol. The van der Waals surface area contributed by atoms with Crippen LogP contribution in [-0.4, -0.2) is 12.1 Å². The van der Waals surface area contributed by atoms with Gasteiger partial charge in [-0.05, 0) is 43.7 Å². The van der Waals surface area contributed by atoms with Crippen molar-refractivity contribution in [1.82, 2.24) is 4.98 Å². The molecule has 0 saturated heterocycles. The van der Waals surface area contributed by atoms with Gasteiger partial charge in [-0.2, -0.15) is 0 Å². The minimum Gasteiger partial charge on any atom is -0.495 e. The van der Waals surface area contributed by atoms with Gasteiger partial charge in [-0.25, -0.2) is 4.98 Å². The number of aromatic nitrogens is 1. The molecule has 3 N–H and O–H groups in total. The molecular formula is C16H17N3OS. The molecule has 0 fully saturated rings. The molecule has 0 amide bonds. The summed E-state index contributed by atoms with van der Waals surface area (Å²) in [6.07, 6.45) is 0. The Hall–Kier alpha value is -2.27. The van der Waals surface area contributed by atoms with E-state index in [-0.39, 0.29) is 0 Å². The number of aryl methyl sites for hydroxylation is 2. The summed E-state index contributed by atoms with van der Waals surface area (Å²) < 4.78 is 6.49. The molecule has 3 rings (SSSR count). The van der Waals surface area contributed by atoms with Gasteiger partial charge in [0.15, 0.2) is 0 Å². The third-order valence-corrected chi connectivity index (χ3v) is 4.22. The zero-order valence-corrected chi connectivity index (χ0v) is 13.0. The summed E-state index contributed by atoms with van der Waals surface area (Å²) in [5.41, 5.74) is 10.7. The Morgan fingerprint density at radius 3 is 2.71 bits per heavy atom. The maximum Gasteiger partial charge on any atom is 0.142 e. The summed E-state index contributed by atoms with van der Waals surface area (Å²) in [6, 6.07) is 9.94. The molecule has 21 heavy (non-hydrogen) atoms. The van der Waals surface area contributed by atoms with Crippen LogP contribution in [-0.2, 0) is 0 Å². The first-order valence-corrected chi connectivity index (χ1v) is 7.47. The highest BCUT2D eigenvalue weighted by Crippen LogP contribution is 2.34. The van der Waals surface area contributed by atoms with E-state index in [9.17, 15) is 0 Å². The minimum atomic E-state index is 0.703. The number of nitrogens with two attached hydrogens (primary N) is 1. The molecule has 0 spiro atoms. The van der Waals surface area contributed by atoms with Gasteiger partial charge < -0.3 is 15.8 Å². The van der Waals surface area contributed by atoms with E-state index in [1.165, 1.54) is 0 Å². The highest BCUT2D eigenvalue weighted by molar-refractivity contribution is 7.18. The first-order valence-electron chi connectivity index (χ1n) is 6.65. The Labute approximate surface area is 127 Å². The van der Waals surface area contributed by atoms with E-state index in [1.807, 2.05) is 44.2 Å². The largest absolute Gasteiger partial charge is 0.495 e. The highest BCUT2D eigenvalue weighted by atomic mass is 32.1. The van der Waals surface area contributed by atoms with Crippen molar-refractivity contribution in [2.45, 2.75) is 13.8 Å². The molecule has 108 valence electrons. The van der Waals surface area contributed by atoms with Crippen molar-refractivity contribution < 1.29 is 4.74 Å². The molecule has 0 unspecified atom stereocenters. The molecule has 5 heteroatoms. The first-order chi connectivity index (χ1) is 10.1. The number of fused-ring (bicyclic) bond motifs is 1. The number of anilines is 3. The van der Waals surface area contributed by atoms with Gasteiger partial charge in [0.1, 0.15) is 5.75 Å². The van der Waals surface area contributed by atoms with E-state index in [0.29, 0.717) is 5.69 Å². The van der Waals surface area contributed by atoms with Crippen molar-refractivity contribution in [1.29, 1.82) is 0 Å². The van der Waals surface area contributed by atoms with E-state index >= 15 is 0 Å². The summed E-state index contributed by atoms with van der Waals surface area (Å²) in [5.74, 6) is 0.787. The fourth-order valence-corrected chi connectivity index (χ4v) is 3.13. The van der Waals surface area contributed by atoms with Crippen LogP contribution in [0.1, 0.15) is 10.6 Å². The van der Waals surface area contributed by atoms with E-state index < -0.39 is 0 Å². The number of ether oxygens (including phenoxy) is 1. The van der Waals surface area contributed by atoms with Crippen molar-refractivity contribution >= 4 is 38.6 Å². The van der Waals surface area contributed by atoms with Gasteiger partial charge in [-0.3, -0.25) is 0 Å². The maximum absolute atomic E-state index is 6.15. The second kappa shape index (κ2) is 5.26. The molecule has 2 aromatic carbocycles. The van der Waals surface area contributed by atoms with E-state index in [1.54, 1.807) is 18.4 Å². The van der Waals surface area contributed by atoms with Gasteiger partial charge in [-0.15, -0.1) is 11.3 Å². The van der Waals surface area contributed by atoms with Gasteiger partial charge in [-0.1, -0.05) is 6.07 Å². The number of nitrogens with zero attached hydrogens (tertiary/aromatic N) is 1. The lowest BCUT2D eigenvalue weighted by atomic mass is 10.2. The molecule has 0 aliphatic heterocycles. The van der Waals surface area contributed by atoms with Crippen LogP contribution >= 0.6 is 11.3 Å². The van der Waals surface area contributed by atoms with E-state index in [2.05, 4.69) is 10.3 Å². The molecule has 0 atom stereocenters. The van der Waals surface area contributed by atoms with Crippen molar-refractivity contribution in [3.63, 3.8) is 0 Å². The quantitative estimate of drug-likeness (QED) is 0.710. The Balaban J connectivity index is 2.05. The highest BCUT2D eigenvalue weighted by Gasteiger charge is 2.09. The van der Waals surface area contributed by atoms with Crippen LogP contribution in [0, 0.1) is 13.8 Å². The van der Waals surface area contributed by atoms with Gasteiger partial charge in [0.2, 0.25) is 0 Å². The Morgan fingerprint density at radius 2 is 1.95 bits per heavy atom. The SMILES string of the molecule is COc1ccc(C)cc1Nc1cc2nc(C)sc2cc1N. The number of nitrogen functional groups attached to an aromatic ring is 1. The standard InChI is InChI=1S/C16H17N3OS/c1-9-4-5-15(20-3)13(6-9)19-12-8-14-16(7-11(12)17)21-10(2)18-14/h4-8,19H,17H2,1-3H3. The summed E-state index contributed by atoms with van der Waals surface area (Å²) in [5, 5.41) is 4.39. The Morgan fingerprint density at radius 1 is 1.14 bits per heavy atom. The molecule has 0 aliphatic rings. The van der Waals surface area contributed by atoms with Crippen LogP contribution < -0.4 is 15.8 Å². The lowest BCUT2D eigenvalue weighted by Gasteiger charge is -2.13. The molecule has 4 nitrogen and oxygen atoms in total. The summed E-state index contributed by atoms with van der Waals surface area (Å²) in [4.78, 5) is 4.51. The maximum atomic E-state index is 6.15. The molecular weight excluding hydrogens is 282 g/mol. The van der Waals surface area contributed by atoms with Crippen molar-refractivity contribution in [3.05, 3.63) is 40.9 Å². The number of benzene rings is 2. The van der Waals surface area contributed by atoms with Gasteiger partial charge >= 0.3 is 0 Å². The number of thiazole rings is 1. The van der Waals surface area contributed by atoms with Crippen molar-refractivity contribution in [2.75, 3.05) is 18.2 Å². The molecule has 0 saturated carbocycles. The first kappa shape index (κ1) is 13.7. The number of hydrogen-bond donors (Lipinski definition) is 2. The molecule has 1 aromatic heterocycles. The predicted octanol–water partition coefficient (Wildman–Crippen LogP) is 4.25. The third kappa shape index (κ3) is 2.64. The fourth-order valence-electron chi connectivity index (χ4n) is 2.28. The number of hydrogen-bond acceptors (Lipinski definition) is 5. The second-order valence-corrected chi connectivity index (χ2v) is 6.20. The van der Waals surface area contributed by atoms with E-state index in [0.717, 1.165) is 37.9 Å². The van der Waals surface area contributed by atoms with Gasteiger partial charge in [0.05, 0.1) is 39.4 Å². The average Bonchev–Trinajstić information content (AvgIpc) is 2.78. The molecule has 0 aliphatic carbocycles. The number of methoxy groups -OCH3 is 1. The van der Waals surface area contributed by atoms with Gasteiger partial charge in [0, 0.05) is 0 Å². The second-order valence-electron chi connectivity index (χ2n) is 4.97. The number of rotatable bonds is 3. The molecule has 1 heterocycles. The van der Waals surface area contributed by atoms with Crippen LogP contribution in [0.3, 0.4) is 0 Å².